The number of nitrogens with zero attached hydrogens (tertiary/aromatic N) is 1. The predicted molar refractivity (Wildman–Crippen MR) is 79.3 cm³/mol. The van der Waals surface area contributed by atoms with Gasteiger partial charge in [-0.05, 0) is 18.1 Å². The van der Waals surface area contributed by atoms with E-state index in [1.54, 1.807) is 12.1 Å². The number of halogens is 1. The maximum Gasteiger partial charge on any atom is 0.311 e. The van der Waals surface area contributed by atoms with Crippen LogP contribution in [0, 0.1) is 15.5 Å². The summed E-state index contributed by atoms with van der Waals surface area (Å²) in [6, 6.07) is 4.79. The molecule has 0 bridgehead atoms. The minimum absolute atomic E-state index is 0. The van der Waals surface area contributed by atoms with Crippen LogP contribution in [0.5, 0.6) is 5.75 Å². The Morgan fingerprint density at radius 2 is 2.26 bits per heavy atom. The highest BCUT2D eigenvalue weighted by molar-refractivity contribution is 8.13. The van der Waals surface area contributed by atoms with Gasteiger partial charge in [0.2, 0.25) is 0 Å². The number of nitrogens with two attached hydrogens (primary N) is 1. The Balaban J connectivity index is 0.00000324. The zero-order valence-electron chi connectivity index (χ0n) is 10.4. The largest absolute Gasteiger partial charge is 0.487 e. The van der Waals surface area contributed by atoms with Crippen LogP contribution in [0.15, 0.2) is 18.2 Å². The van der Waals surface area contributed by atoms with Crippen molar-refractivity contribution in [1.82, 2.24) is 0 Å². The van der Waals surface area contributed by atoms with Crippen LogP contribution in [-0.2, 0) is 5.75 Å². The van der Waals surface area contributed by atoms with Gasteiger partial charge in [-0.2, -0.15) is 0 Å². The van der Waals surface area contributed by atoms with E-state index < -0.39 is 4.92 Å². The van der Waals surface area contributed by atoms with Gasteiger partial charge < -0.3 is 10.5 Å². The molecule has 6 nitrogen and oxygen atoms in total. The number of amidine groups is 1. The molecule has 0 radical (unpaired) electrons. The Morgan fingerprint density at radius 3 is 2.79 bits per heavy atom. The molecule has 0 atom stereocenters. The van der Waals surface area contributed by atoms with Crippen molar-refractivity contribution in [2.75, 3.05) is 6.61 Å². The molecular weight excluding hydrogens is 290 g/mol. The van der Waals surface area contributed by atoms with Gasteiger partial charge >= 0.3 is 5.69 Å². The molecule has 8 heteroatoms. The first-order chi connectivity index (χ1) is 8.54. The summed E-state index contributed by atoms with van der Waals surface area (Å²) in [7, 11) is 0. The lowest BCUT2D eigenvalue weighted by Gasteiger charge is -2.07. The van der Waals surface area contributed by atoms with E-state index in [2.05, 4.69) is 0 Å². The first kappa shape index (κ1) is 17.5. The number of hydrogen-bond acceptors (Lipinski definition) is 5. The van der Waals surface area contributed by atoms with Crippen LogP contribution in [0.2, 0.25) is 0 Å². The second-order valence-electron chi connectivity index (χ2n) is 3.56. The highest BCUT2D eigenvalue weighted by Gasteiger charge is 2.15. The van der Waals surface area contributed by atoms with Gasteiger partial charge in [0.25, 0.3) is 0 Å². The van der Waals surface area contributed by atoms with Crippen molar-refractivity contribution < 1.29 is 9.66 Å². The monoisotopic (exact) mass is 305 g/mol. The molecule has 1 aromatic carbocycles. The number of nitro benzene ring substituents is 1. The zero-order valence-corrected chi connectivity index (χ0v) is 12.1. The van der Waals surface area contributed by atoms with Gasteiger partial charge in [0.05, 0.1) is 11.5 Å². The minimum Gasteiger partial charge on any atom is -0.487 e. The molecule has 0 aliphatic heterocycles. The van der Waals surface area contributed by atoms with Crippen molar-refractivity contribution in [1.29, 1.82) is 5.41 Å². The Hall–Kier alpha value is -1.47. The fourth-order valence-corrected chi connectivity index (χ4v) is 1.79. The SMILES string of the molecule is CCCOc1ccc(CSC(=N)N)cc1[N+](=O)[O-].Cl. The summed E-state index contributed by atoms with van der Waals surface area (Å²) in [5.41, 5.74) is 5.91. The quantitative estimate of drug-likeness (QED) is 0.364. The summed E-state index contributed by atoms with van der Waals surface area (Å²) < 4.78 is 5.31. The Kier molecular flexibility index (Phi) is 7.94. The van der Waals surface area contributed by atoms with E-state index in [0.29, 0.717) is 12.4 Å². The zero-order chi connectivity index (χ0) is 13.5. The number of hydrogen-bond donors (Lipinski definition) is 2. The summed E-state index contributed by atoms with van der Waals surface area (Å²) >= 11 is 1.13. The fraction of sp³-hybridized carbons (Fsp3) is 0.364. The average Bonchev–Trinajstić information content (AvgIpc) is 2.34. The Morgan fingerprint density at radius 1 is 1.58 bits per heavy atom. The summed E-state index contributed by atoms with van der Waals surface area (Å²) in [5.74, 6) is 0.711. The van der Waals surface area contributed by atoms with Gasteiger partial charge in [0.1, 0.15) is 0 Å². The minimum atomic E-state index is -0.465. The second-order valence-corrected chi connectivity index (χ2v) is 4.58. The summed E-state index contributed by atoms with van der Waals surface area (Å²) in [6.07, 6.45) is 0.791. The van der Waals surface area contributed by atoms with Gasteiger partial charge in [0, 0.05) is 11.8 Å². The molecule has 3 N–H and O–H groups in total. The van der Waals surface area contributed by atoms with Crippen molar-refractivity contribution in [3.63, 3.8) is 0 Å². The van der Waals surface area contributed by atoms with E-state index in [0.717, 1.165) is 23.7 Å². The standard InChI is InChI=1S/C11H15N3O3S.ClH/c1-2-5-17-10-4-3-8(7-18-11(12)13)6-9(10)14(15)16;/h3-4,6H,2,5,7H2,1H3,(H3,12,13);1H. The molecule has 1 rings (SSSR count). The summed E-state index contributed by atoms with van der Waals surface area (Å²) in [5, 5.41) is 18.0. The van der Waals surface area contributed by atoms with Crippen LogP contribution in [0.4, 0.5) is 5.69 Å². The third kappa shape index (κ3) is 5.80. The van der Waals surface area contributed by atoms with Gasteiger partial charge in [-0.15, -0.1) is 12.4 Å². The van der Waals surface area contributed by atoms with E-state index in [4.69, 9.17) is 15.9 Å². The molecule has 0 spiro atoms. The lowest BCUT2D eigenvalue weighted by Crippen LogP contribution is -2.04. The van der Waals surface area contributed by atoms with Crippen molar-refractivity contribution in [2.45, 2.75) is 19.1 Å². The molecule has 0 saturated carbocycles. The van der Waals surface area contributed by atoms with Gasteiger partial charge in [0.15, 0.2) is 10.9 Å². The number of nitrogens with one attached hydrogen (secondary N) is 1. The maximum absolute atomic E-state index is 10.9. The van der Waals surface area contributed by atoms with Crippen LogP contribution in [-0.4, -0.2) is 16.7 Å². The molecule has 1 aromatic rings. The first-order valence-electron chi connectivity index (χ1n) is 5.41. The van der Waals surface area contributed by atoms with E-state index >= 15 is 0 Å². The fourth-order valence-electron chi connectivity index (χ4n) is 1.29. The summed E-state index contributed by atoms with van der Waals surface area (Å²) in [4.78, 5) is 10.5. The van der Waals surface area contributed by atoms with E-state index in [1.165, 1.54) is 6.07 Å². The topological polar surface area (TPSA) is 102 Å². The van der Waals surface area contributed by atoms with Crippen molar-refractivity contribution in [3.8, 4) is 5.75 Å². The van der Waals surface area contributed by atoms with Crippen LogP contribution < -0.4 is 10.5 Å². The van der Waals surface area contributed by atoms with Crippen LogP contribution in [0.3, 0.4) is 0 Å². The molecule has 0 aliphatic rings. The van der Waals surface area contributed by atoms with Crippen LogP contribution in [0.25, 0.3) is 0 Å². The molecule has 0 amide bonds. The van der Waals surface area contributed by atoms with Gasteiger partial charge in [-0.3, -0.25) is 15.5 Å². The van der Waals surface area contributed by atoms with E-state index in [9.17, 15) is 10.1 Å². The highest BCUT2D eigenvalue weighted by Crippen LogP contribution is 2.29. The lowest BCUT2D eigenvalue weighted by molar-refractivity contribution is -0.385. The van der Waals surface area contributed by atoms with Crippen molar-refractivity contribution in [2.24, 2.45) is 5.73 Å². The number of nitro groups is 1. The van der Waals surface area contributed by atoms with Crippen molar-refractivity contribution >= 4 is 35.0 Å². The first-order valence-corrected chi connectivity index (χ1v) is 6.40. The predicted octanol–water partition coefficient (Wildman–Crippen LogP) is 2.93. The van der Waals surface area contributed by atoms with E-state index in [-0.39, 0.29) is 29.0 Å². The number of thioether (sulfide) groups is 1. The summed E-state index contributed by atoms with van der Waals surface area (Å²) in [6.45, 7) is 2.38. The van der Waals surface area contributed by atoms with Gasteiger partial charge in [-0.1, -0.05) is 24.8 Å². The van der Waals surface area contributed by atoms with Crippen molar-refractivity contribution in [3.05, 3.63) is 33.9 Å². The number of benzene rings is 1. The average molecular weight is 306 g/mol. The smallest absolute Gasteiger partial charge is 0.311 e. The molecule has 0 unspecified atom stereocenters. The highest BCUT2D eigenvalue weighted by atomic mass is 35.5. The molecule has 0 fully saturated rings. The Bertz CT molecular complexity index is 457. The normalized spacial score (nSPS) is 9.53. The van der Waals surface area contributed by atoms with Crippen LogP contribution in [0.1, 0.15) is 18.9 Å². The number of ether oxygens (including phenoxy) is 1. The third-order valence-corrected chi connectivity index (χ3v) is 2.86. The molecule has 0 aromatic heterocycles. The maximum atomic E-state index is 10.9. The third-order valence-electron chi connectivity index (χ3n) is 2.08. The molecule has 0 heterocycles. The molecule has 106 valence electrons. The Labute approximate surface area is 121 Å². The number of rotatable bonds is 6. The lowest BCUT2D eigenvalue weighted by atomic mass is 10.2. The van der Waals surface area contributed by atoms with E-state index in [1.807, 2.05) is 6.92 Å². The second kappa shape index (κ2) is 8.60. The molecule has 0 aliphatic carbocycles. The molecule has 19 heavy (non-hydrogen) atoms. The van der Waals surface area contributed by atoms with Crippen LogP contribution >= 0.6 is 24.2 Å². The molecule has 0 saturated heterocycles. The van der Waals surface area contributed by atoms with Gasteiger partial charge in [-0.25, -0.2) is 0 Å². The molecular formula is C11H16ClN3O3S.